The summed E-state index contributed by atoms with van der Waals surface area (Å²) in [6.45, 7) is 0. The highest BCUT2D eigenvalue weighted by atomic mass is 16.2. The van der Waals surface area contributed by atoms with Gasteiger partial charge in [0.25, 0.3) is 0 Å². The van der Waals surface area contributed by atoms with E-state index in [1.165, 1.54) is 30.3 Å². The molecule has 25 heavy (non-hydrogen) atoms. The molecule has 5 saturated carbocycles. The molecule has 9 rings (SSSR count). The number of aromatic nitrogens is 3. The molecule has 2 aromatic rings. The first kappa shape index (κ1) is 12.3. The Balaban J connectivity index is 1.47. The van der Waals surface area contributed by atoms with Crippen LogP contribution >= 0.6 is 0 Å². The predicted molar refractivity (Wildman–Crippen MR) is 89.7 cm³/mol. The number of hydrogen-bond acceptors (Lipinski definition) is 2. The van der Waals surface area contributed by atoms with Crippen LogP contribution in [0.15, 0.2) is 39.9 Å². The maximum Gasteiger partial charge on any atom is 0.352 e. The van der Waals surface area contributed by atoms with E-state index in [1.807, 2.05) is 39.7 Å². The minimum absolute atomic E-state index is 0.101. The van der Waals surface area contributed by atoms with Crippen molar-refractivity contribution in [2.75, 3.05) is 0 Å². The smallest absolute Gasteiger partial charge is 0.245 e. The van der Waals surface area contributed by atoms with Crippen LogP contribution in [0, 0.1) is 34.5 Å². The molecule has 0 radical (unpaired) electrons. The van der Waals surface area contributed by atoms with Crippen LogP contribution in [0.4, 0.5) is 0 Å². The van der Waals surface area contributed by atoms with E-state index in [-0.39, 0.29) is 11.4 Å². The van der Waals surface area contributed by atoms with E-state index in [4.69, 9.17) is 0 Å². The van der Waals surface area contributed by atoms with Crippen molar-refractivity contribution >= 4 is 0 Å². The molecule has 0 N–H and O–H groups in total. The van der Waals surface area contributed by atoms with Crippen molar-refractivity contribution in [3.63, 3.8) is 0 Å². The number of benzene rings is 1. The summed E-state index contributed by atoms with van der Waals surface area (Å²) >= 11 is 0. The zero-order valence-electron chi connectivity index (χ0n) is 13.8. The summed E-state index contributed by atoms with van der Waals surface area (Å²) in [5, 5.41) is 0. The third-order valence-electron chi connectivity index (χ3n) is 9.23. The van der Waals surface area contributed by atoms with E-state index in [0.29, 0.717) is 40.4 Å². The van der Waals surface area contributed by atoms with Crippen molar-refractivity contribution in [1.82, 2.24) is 13.9 Å². The van der Waals surface area contributed by atoms with Crippen molar-refractivity contribution < 1.29 is 0 Å². The third kappa shape index (κ3) is 0.876. The summed E-state index contributed by atoms with van der Waals surface area (Å²) in [6, 6.07) is 10.1. The van der Waals surface area contributed by atoms with Crippen LogP contribution in [0.5, 0.6) is 0 Å². The highest BCUT2D eigenvalue weighted by molar-refractivity contribution is 5.49. The van der Waals surface area contributed by atoms with Gasteiger partial charge in [-0.3, -0.25) is 0 Å². The molecule has 0 amide bonds. The van der Waals surface area contributed by atoms with Crippen molar-refractivity contribution in [3.8, 4) is 5.69 Å². The lowest BCUT2D eigenvalue weighted by Gasteiger charge is -2.50. The first-order chi connectivity index (χ1) is 12.2. The predicted octanol–water partition coefficient (Wildman–Crippen LogP) is 1.96. The summed E-state index contributed by atoms with van der Waals surface area (Å²) in [5.74, 6) is 3.03. The van der Waals surface area contributed by atoms with Crippen LogP contribution in [-0.2, 0) is 0 Å². The molecule has 5 aliphatic carbocycles. The van der Waals surface area contributed by atoms with Gasteiger partial charge >= 0.3 is 11.4 Å². The van der Waals surface area contributed by atoms with Gasteiger partial charge in [0, 0.05) is 10.8 Å². The van der Waals surface area contributed by atoms with Crippen LogP contribution in [0.2, 0.25) is 0 Å². The van der Waals surface area contributed by atoms with Crippen molar-refractivity contribution in [1.29, 1.82) is 0 Å². The molecule has 0 saturated heterocycles. The SMILES string of the molecule is O=c1n(-c2ccccc2)c(=O)n2n1[C@H]1[C@H]3C4C5[C@]16CCCC[C@]56[C@@H]2[C@@H]43. The fourth-order valence-electron chi connectivity index (χ4n) is 9.09. The fourth-order valence-corrected chi connectivity index (χ4v) is 9.09. The Hall–Kier alpha value is -2.04. The van der Waals surface area contributed by atoms with E-state index < -0.39 is 0 Å². The molecule has 1 aromatic carbocycles. The zero-order chi connectivity index (χ0) is 16.3. The molecule has 7 aliphatic rings. The van der Waals surface area contributed by atoms with E-state index >= 15 is 0 Å². The summed E-state index contributed by atoms with van der Waals surface area (Å²) in [7, 11) is 0. The average molecular weight is 333 g/mol. The van der Waals surface area contributed by atoms with Gasteiger partial charge in [0.1, 0.15) is 0 Å². The molecule has 2 aliphatic heterocycles. The number of rotatable bonds is 1. The Morgan fingerprint density at radius 2 is 1.36 bits per heavy atom. The first-order valence-corrected chi connectivity index (χ1v) is 9.77. The number of hydrogen-bond donors (Lipinski definition) is 0. The van der Waals surface area contributed by atoms with Crippen LogP contribution < -0.4 is 11.4 Å². The summed E-state index contributed by atoms with van der Waals surface area (Å²) < 4.78 is 5.28. The number of nitrogens with zero attached hydrogens (tertiary/aromatic N) is 3. The molecule has 2 spiro atoms. The normalized spacial score (nSPS) is 51.2. The van der Waals surface area contributed by atoms with E-state index in [0.717, 1.165) is 11.8 Å². The molecular formula is C20H19N3O2. The second-order valence-corrected chi connectivity index (χ2v) is 9.31. The Morgan fingerprint density at radius 1 is 0.800 bits per heavy atom. The van der Waals surface area contributed by atoms with Crippen LogP contribution in [0.3, 0.4) is 0 Å². The molecule has 5 heteroatoms. The Morgan fingerprint density at radius 3 is 1.92 bits per heavy atom. The van der Waals surface area contributed by atoms with Crippen LogP contribution in [-0.4, -0.2) is 13.9 Å². The molecular weight excluding hydrogens is 314 g/mol. The topological polar surface area (TPSA) is 48.9 Å². The maximum atomic E-state index is 13.3. The largest absolute Gasteiger partial charge is 0.352 e. The van der Waals surface area contributed by atoms with Crippen molar-refractivity contribution in [2.45, 2.75) is 37.8 Å². The van der Waals surface area contributed by atoms with Gasteiger partial charge < -0.3 is 0 Å². The van der Waals surface area contributed by atoms with E-state index in [2.05, 4.69) is 0 Å². The Kier molecular flexibility index (Phi) is 1.58. The summed E-state index contributed by atoms with van der Waals surface area (Å²) in [4.78, 5) is 26.7. The summed E-state index contributed by atoms with van der Waals surface area (Å²) in [6.07, 6.45) is 5.19. The van der Waals surface area contributed by atoms with Gasteiger partial charge in [-0.15, -0.1) is 0 Å². The van der Waals surface area contributed by atoms with Gasteiger partial charge in [0.2, 0.25) is 0 Å². The lowest BCUT2D eigenvalue weighted by molar-refractivity contribution is -0.0241. The van der Waals surface area contributed by atoms with Crippen LogP contribution in [0.1, 0.15) is 37.8 Å². The second kappa shape index (κ2) is 3.19. The molecule has 6 atom stereocenters. The van der Waals surface area contributed by atoms with Gasteiger partial charge in [-0.1, -0.05) is 31.0 Å². The fraction of sp³-hybridized carbons (Fsp3) is 0.600. The van der Waals surface area contributed by atoms with Crippen molar-refractivity contribution in [2.24, 2.45) is 34.5 Å². The lowest BCUT2D eigenvalue weighted by atomic mass is 9.65. The minimum Gasteiger partial charge on any atom is -0.245 e. The standard InChI is InChI=1S/C20H19N3O2/c24-17-21(10-6-2-1-3-7-10)18(25)23-16-13-11-12(13)15(22(17)23)19-8-4-5-9-20(16,19)14(11)19/h1-3,6-7,11-16H,4-5,8-9H2/t11?,12-,13-,14?,15-,16-,19+,20+/m0/s1. The first-order valence-electron chi connectivity index (χ1n) is 9.77. The molecule has 1 aromatic heterocycles. The highest BCUT2D eigenvalue weighted by Gasteiger charge is 3.02. The van der Waals surface area contributed by atoms with Gasteiger partial charge in [0.15, 0.2) is 0 Å². The lowest BCUT2D eigenvalue weighted by Crippen LogP contribution is -2.53. The van der Waals surface area contributed by atoms with Gasteiger partial charge in [-0.25, -0.2) is 23.5 Å². The molecule has 5 nitrogen and oxygen atoms in total. The van der Waals surface area contributed by atoms with E-state index in [1.54, 1.807) is 0 Å². The third-order valence-corrected chi connectivity index (χ3v) is 9.23. The maximum absolute atomic E-state index is 13.3. The second-order valence-electron chi connectivity index (χ2n) is 9.31. The zero-order valence-corrected chi connectivity index (χ0v) is 13.8. The van der Waals surface area contributed by atoms with Gasteiger partial charge in [-0.2, -0.15) is 0 Å². The monoisotopic (exact) mass is 333 g/mol. The van der Waals surface area contributed by atoms with E-state index in [9.17, 15) is 9.59 Å². The quantitative estimate of drug-likeness (QED) is 0.801. The molecule has 5 fully saturated rings. The van der Waals surface area contributed by atoms with Gasteiger partial charge in [-0.05, 0) is 48.6 Å². The van der Waals surface area contributed by atoms with Gasteiger partial charge in [0.05, 0.1) is 17.8 Å². The minimum atomic E-state index is -0.101. The molecule has 126 valence electrons. The highest BCUT2D eigenvalue weighted by Crippen LogP contribution is 3.04. The molecule has 2 bridgehead atoms. The molecule has 3 heterocycles. The average Bonchev–Trinajstić information content (AvgIpc) is 3.41. The molecule has 0 unspecified atom stereocenters. The Labute approximate surface area is 143 Å². The summed E-state index contributed by atoms with van der Waals surface area (Å²) in [5.41, 5.74) is 1.25. The van der Waals surface area contributed by atoms with Crippen molar-refractivity contribution in [3.05, 3.63) is 51.3 Å². The Bertz CT molecular complexity index is 1040. The number of para-hydroxylation sites is 1. The van der Waals surface area contributed by atoms with Crippen LogP contribution in [0.25, 0.3) is 5.69 Å².